The Morgan fingerprint density at radius 1 is 1.00 bits per heavy atom. The lowest BCUT2D eigenvalue weighted by Crippen LogP contribution is -2.07. The van der Waals surface area contributed by atoms with Crippen LogP contribution in [0.5, 0.6) is 0 Å². The van der Waals surface area contributed by atoms with Crippen molar-refractivity contribution in [1.82, 2.24) is 0 Å². The maximum Gasteiger partial charge on any atom is 0.296 e. The lowest BCUT2D eigenvalue weighted by atomic mass is 10.0. The van der Waals surface area contributed by atoms with E-state index in [0.717, 1.165) is 6.07 Å². The van der Waals surface area contributed by atoms with Crippen molar-refractivity contribution in [3.63, 3.8) is 0 Å². The Kier molecular flexibility index (Phi) is 3.37. The van der Waals surface area contributed by atoms with E-state index in [4.69, 9.17) is 10.3 Å². The van der Waals surface area contributed by atoms with Gasteiger partial charge < -0.3 is 5.73 Å². The molecule has 2 aromatic rings. The fraction of sp³-hybridized carbons (Fsp3) is 0. The van der Waals surface area contributed by atoms with Crippen molar-refractivity contribution in [2.75, 3.05) is 5.73 Å². The summed E-state index contributed by atoms with van der Waals surface area (Å²) in [6.07, 6.45) is 0. The molecule has 3 N–H and O–H groups in total. The van der Waals surface area contributed by atoms with Crippen LogP contribution in [0, 0.1) is 0 Å². The molecule has 0 unspecified atom stereocenters. The quantitative estimate of drug-likeness (QED) is 0.506. The molecule has 0 aliphatic heterocycles. The van der Waals surface area contributed by atoms with Crippen LogP contribution in [0.3, 0.4) is 0 Å². The summed E-state index contributed by atoms with van der Waals surface area (Å²) in [5.41, 5.74) is 5.93. The third kappa shape index (κ3) is 2.81. The number of rotatable bonds is 3. The molecule has 0 saturated heterocycles. The Balaban J connectivity index is 2.51. The van der Waals surface area contributed by atoms with Crippen molar-refractivity contribution in [1.29, 1.82) is 0 Å². The average molecular weight is 277 g/mol. The highest BCUT2D eigenvalue weighted by Gasteiger charge is 2.17. The van der Waals surface area contributed by atoms with Gasteiger partial charge in [0, 0.05) is 11.1 Å². The van der Waals surface area contributed by atoms with Gasteiger partial charge in [0.2, 0.25) is 0 Å². The summed E-state index contributed by atoms with van der Waals surface area (Å²) in [5.74, 6) is -0.342. The zero-order valence-electron chi connectivity index (χ0n) is 9.78. The highest BCUT2D eigenvalue weighted by molar-refractivity contribution is 7.86. The van der Waals surface area contributed by atoms with Crippen molar-refractivity contribution < 1.29 is 17.8 Å². The van der Waals surface area contributed by atoms with Crippen LogP contribution in [0.1, 0.15) is 15.9 Å². The van der Waals surface area contributed by atoms with Gasteiger partial charge in [0.1, 0.15) is 4.90 Å². The number of carbonyl (C=O) groups is 1. The van der Waals surface area contributed by atoms with Crippen molar-refractivity contribution in [2.45, 2.75) is 4.90 Å². The van der Waals surface area contributed by atoms with Crippen molar-refractivity contribution >= 4 is 21.6 Å². The molecule has 0 aromatic heterocycles. The molecule has 0 radical (unpaired) electrons. The first-order chi connectivity index (χ1) is 8.89. The van der Waals surface area contributed by atoms with Crippen molar-refractivity contribution in [3.8, 4) is 0 Å². The normalized spacial score (nSPS) is 11.2. The smallest absolute Gasteiger partial charge is 0.296 e. The molecular formula is C13H11NO4S. The first kappa shape index (κ1) is 13.3. The maximum atomic E-state index is 12.1. The second kappa shape index (κ2) is 4.83. The Labute approximate surface area is 110 Å². The number of hydrogen-bond donors (Lipinski definition) is 2. The van der Waals surface area contributed by atoms with Gasteiger partial charge in [-0.1, -0.05) is 30.3 Å². The van der Waals surface area contributed by atoms with Crippen molar-refractivity contribution in [3.05, 3.63) is 59.7 Å². The van der Waals surface area contributed by atoms with Gasteiger partial charge in [-0.2, -0.15) is 8.42 Å². The Bertz CT molecular complexity index is 724. The largest absolute Gasteiger partial charge is 0.398 e. The van der Waals surface area contributed by atoms with Gasteiger partial charge in [0.25, 0.3) is 10.1 Å². The fourth-order valence-corrected chi connectivity index (χ4v) is 2.30. The molecule has 98 valence electrons. The number of anilines is 1. The van der Waals surface area contributed by atoms with Gasteiger partial charge in [-0.15, -0.1) is 0 Å². The van der Waals surface area contributed by atoms with E-state index in [1.807, 2.05) is 0 Å². The molecule has 6 heteroatoms. The minimum Gasteiger partial charge on any atom is -0.398 e. The van der Waals surface area contributed by atoms with Gasteiger partial charge in [-0.05, 0) is 18.2 Å². The van der Waals surface area contributed by atoms with Crippen LogP contribution in [0.2, 0.25) is 0 Å². The lowest BCUT2D eigenvalue weighted by Gasteiger charge is -2.06. The Morgan fingerprint density at radius 2 is 1.63 bits per heavy atom. The maximum absolute atomic E-state index is 12.1. The third-order valence-electron chi connectivity index (χ3n) is 2.59. The van der Waals surface area contributed by atoms with Crippen LogP contribution < -0.4 is 5.73 Å². The fourth-order valence-electron chi connectivity index (χ4n) is 1.66. The molecular weight excluding hydrogens is 266 g/mol. The average Bonchev–Trinajstić information content (AvgIpc) is 2.38. The summed E-state index contributed by atoms with van der Waals surface area (Å²) in [7, 11) is -4.45. The molecule has 2 rings (SSSR count). The van der Waals surface area contributed by atoms with Crippen LogP contribution in [0.15, 0.2) is 53.4 Å². The summed E-state index contributed by atoms with van der Waals surface area (Å²) >= 11 is 0. The number of hydrogen-bond acceptors (Lipinski definition) is 4. The van der Waals surface area contributed by atoms with Crippen molar-refractivity contribution in [2.24, 2.45) is 0 Å². The molecule has 0 fully saturated rings. The molecule has 19 heavy (non-hydrogen) atoms. The molecule has 0 atom stereocenters. The number of ketones is 1. The molecule has 0 spiro atoms. The van der Waals surface area contributed by atoms with Gasteiger partial charge in [0.05, 0.1) is 5.69 Å². The highest BCUT2D eigenvalue weighted by Crippen LogP contribution is 2.21. The van der Waals surface area contributed by atoms with Crippen LogP contribution >= 0.6 is 0 Å². The second-order valence-corrected chi connectivity index (χ2v) is 5.31. The number of benzene rings is 2. The van der Waals surface area contributed by atoms with E-state index in [2.05, 4.69) is 0 Å². The zero-order valence-corrected chi connectivity index (χ0v) is 10.6. The second-order valence-electron chi connectivity index (χ2n) is 3.92. The molecule has 0 saturated carbocycles. The summed E-state index contributed by atoms with van der Waals surface area (Å²) < 4.78 is 31.3. The summed E-state index contributed by atoms with van der Waals surface area (Å²) in [6, 6.07) is 12.2. The van der Waals surface area contributed by atoms with E-state index >= 15 is 0 Å². The molecule has 0 amide bonds. The molecule has 0 aliphatic rings. The predicted octanol–water partition coefficient (Wildman–Crippen LogP) is 1.75. The summed E-state index contributed by atoms with van der Waals surface area (Å²) in [6.45, 7) is 0. The standard InChI is InChI=1S/C13H11NO4S/c14-11-7-6-10(8-12(11)19(16,17)18)13(15)9-4-2-1-3-5-9/h1-8H,14H2,(H,16,17,18). The van der Waals surface area contributed by atoms with Gasteiger partial charge in [-0.3, -0.25) is 9.35 Å². The van der Waals surface area contributed by atoms with Gasteiger partial charge >= 0.3 is 0 Å². The first-order valence-electron chi connectivity index (χ1n) is 5.36. The van der Waals surface area contributed by atoms with Crippen LogP contribution in [0.4, 0.5) is 5.69 Å². The van der Waals surface area contributed by atoms with E-state index in [9.17, 15) is 13.2 Å². The molecule has 2 aromatic carbocycles. The number of nitrogen functional groups attached to an aromatic ring is 1. The summed E-state index contributed by atoms with van der Waals surface area (Å²) in [5, 5.41) is 0. The van der Waals surface area contributed by atoms with Gasteiger partial charge in [0.15, 0.2) is 5.78 Å². The minimum atomic E-state index is -4.45. The first-order valence-corrected chi connectivity index (χ1v) is 6.80. The van der Waals surface area contributed by atoms with Crippen LogP contribution in [0.25, 0.3) is 0 Å². The van der Waals surface area contributed by atoms with E-state index in [1.54, 1.807) is 30.3 Å². The van der Waals surface area contributed by atoms with E-state index < -0.39 is 15.0 Å². The van der Waals surface area contributed by atoms with E-state index in [0.29, 0.717) is 5.56 Å². The Hall–Kier alpha value is -2.18. The monoisotopic (exact) mass is 277 g/mol. The highest BCUT2D eigenvalue weighted by atomic mass is 32.2. The minimum absolute atomic E-state index is 0.105. The molecule has 0 aliphatic carbocycles. The lowest BCUT2D eigenvalue weighted by molar-refractivity contribution is 0.103. The van der Waals surface area contributed by atoms with E-state index in [-0.39, 0.29) is 17.0 Å². The number of nitrogens with two attached hydrogens (primary N) is 1. The molecule has 0 heterocycles. The SMILES string of the molecule is Nc1ccc(C(=O)c2ccccc2)cc1S(=O)(=O)O. The summed E-state index contributed by atoms with van der Waals surface area (Å²) in [4.78, 5) is 11.7. The van der Waals surface area contributed by atoms with Crippen LogP contribution in [-0.4, -0.2) is 18.8 Å². The molecule has 0 bridgehead atoms. The predicted molar refractivity (Wildman–Crippen MR) is 70.5 cm³/mol. The number of carbonyl (C=O) groups excluding carboxylic acids is 1. The van der Waals surface area contributed by atoms with Gasteiger partial charge in [-0.25, -0.2) is 0 Å². The van der Waals surface area contributed by atoms with E-state index in [1.165, 1.54) is 12.1 Å². The topological polar surface area (TPSA) is 97.5 Å². The third-order valence-corrected chi connectivity index (χ3v) is 3.50. The zero-order chi connectivity index (χ0) is 14.0. The van der Waals surface area contributed by atoms with Crippen LogP contribution in [-0.2, 0) is 10.1 Å². The Morgan fingerprint density at radius 3 is 2.21 bits per heavy atom. The molecule has 5 nitrogen and oxygen atoms in total.